The van der Waals surface area contributed by atoms with Gasteiger partial charge in [0.05, 0.1) is 0 Å². The van der Waals surface area contributed by atoms with Crippen molar-refractivity contribution in [3.63, 3.8) is 0 Å². The van der Waals surface area contributed by atoms with E-state index in [2.05, 4.69) is 6.92 Å². The highest BCUT2D eigenvalue weighted by Gasteiger charge is 2.04. The molecule has 0 fully saturated rings. The molecule has 0 spiro atoms. The quantitative estimate of drug-likeness (QED) is 0.235. The lowest BCUT2D eigenvalue weighted by molar-refractivity contribution is -0.134. The molecule has 0 aliphatic rings. The number of rotatable bonds is 8. The Bertz CT molecular complexity index is 463. The third kappa shape index (κ3) is 7.10. The molecule has 0 aliphatic heterocycles. The molecule has 1 aromatic carbocycles. The zero-order valence-electron chi connectivity index (χ0n) is 11.6. The Balaban J connectivity index is 2.41. The Morgan fingerprint density at radius 1 is 1.15 bits per heavy atom. The van der Waals surface area contributed by atoms with Crippen LogP contribution in [0.4, 0.5) is 0 Å². The Kier molecular flexibility index (Phi) is 7.66. The minimum Gasteiger partial charge on any atom is -0.427 e. The second-order valence-corrected chi connectivity index (χ2v) is 4.86. The maximum Gasteiger partial charge on any atom is 0.311 e. The first-order valence-electron chi connectivity index (χ1n) is 6.80. The van der Waals surface area contributed by atoms with Crippen molar-refractivity contribution >= 4 is 28.9 Å². The summed E-state index contributed by atoms with van der Waals surface area (Å²) in [5.74, 6) is 0.306. The second kappa shape index (κ2) is 9.32. The molecule has 108 valence electrons. The predicted octanol–water partition coefficient (Wildman–Crippen LogP) is 4.34. The molecule has 0 bridgehead atoms. The van der Waals surface area contributed by atoms with Gasteiger partial charge in [-0.05, 0) is 41.8 Å². The summed E-state index contributed by atoms with van der Waals surface area (Å²) in [5.41, 5.74) is 0.821. The minimum absolute atomic E-state index is 0.208. The third-order valence-electron chi connectivity index (χ3n) is 2.75. The normalized spacial score (nSPS) is 10.7. The summed E-state index contributed by atoms with van der Waals surface area (Å²) in [6, 6.07) is 6.91. The number of benzene rings is 1. The SMILES string of the molecule is CCCCCCC(=O)Oc1ccc(/C=C/C(=O)Cl)cc1. The predicted molar refractivity (Wildman–Crippen MR) is 80.7 cm³/mol. The molecule has 0 unspecified atom stereocenters. The van der Waals surface area contributed by atoms with E-state index < -0.39 is 5.24 Å². The van der Waals surface area contributed by atoms with Gasteiger partial charge in [-0.2, -0.15) is 0 Å². The molecular weight excluding hydrogens is 276 g/mol. The molecule has 0 heterocycles. The Morgan fingerprint density at radius 3 is 2.45 bits per heavy atom. The number of unbranched alkanes of at least 4 members (excludes halogenated alkanes) is 3. The molecule has 20 heavy (non-hydrogen) atoms. The van der Waals surface area contributed by atoms with Crippen LogP contribution in [-0.4, -0.2) is 11.2 Å². The van der Waals surface area contributed by atoms with E-state index in [0.29, 0.717) is 12.2 Å². The molecule has 1 rings (SSSR count). The van der Waals surface area contributed by atoms with Gasteiger partial charge in [0.1, 0.15) is 5.75 Å². The zero-order valence-corrected chi connectivity index (χ0v) is 12.4. The van der Waals surface area contributed by atoms with Gasteiger partial charge < -0.3 is 4.74 Å². The summed E-state index contributed by atoms with van der Waals surface area (Å²) in [6.07, 6.45) is 7.54. The van der Waals surface area contributed by atoms with Crippen molar-refractivity contribution in [3.05, 3.63) is 35.9 Å². The lowest BCUT2D eigenvalue weighted by Gasteiger charge is -2.04. The fourth-order valence-corrected chi connectivity index (χ4v) is 1.75. The molecule has 3 nitrogen and oxygen atoms in total. The molecule has 0 radical (unpaired) electrons. The summed E-state index contributed by atoms with van der Waals surface area (Å²) in [7, 11) is 0. The summed E-state index contributed by atoms with van der Waals surface area (Å²) in [5, 5.41) is -0.521. The van der Waals surface area contributed by atoms with Crippen molar-refractivity contribution in [2.75, 3.05) is 0 Å². The number of carbonyl (C=O) groups excluding carboxylic acids is 2. The summed E-state index contributed by atoms with van der Waals surface area (Å²) in [6.45, 7) is 2.13. The fourth-order valence-electron chi connectivity index (χ4n) is 1.69. The van der Waals surface area contributed by atoms with Crippen LogP contribution in [0.3, 0.4) is 0 Å². The fraction of sp³-hybridized carbons (Fsp3) is 0.375. The molecule has 0 aliphatic carbocycles. The smallest absolute Gasteiger partial charge is 0.311 e. The molecule has 1 aromatic rings. The third-order valence-corrected chi connectivity index (χ3v) is 2.88. The van der Waals surface area contributed by atoms with E-state index in [0.717, 1.165) is 31.2 Å². The molecular formula is C16H19ClO3. The van der Waals surface area contributed by atoms with Gasteiger partial charge in [-0.15, -0.1) is 0 Å². The van der Waals surface area contributed by atoms with Crippen molar-refractivity contribution in [1.29, 1.82) is 0 Å². The first-order valence-corrected chi connectivity index (χ1v) is 7.18. The Morgan fingerprint density at radius 2 is 1.85 bits per heavy atom. The number of hydrogen-bond acceptors (Lipinski definition) is 3. The molecule has 0 saturated heterocycles. The highest BCUT2D eigenvalue weighted by molar-refractivity contribution is 6.66. The number of hydrogen-bond donors (Lipinski definition) is 0. The van der Waals surface area contributed by atoms with Crippen LogP contribution in [0.2, 0.25) is 0 Å². The average Bonchev–Trinajstić information content (AvgIpc) is 2.43. The van der Waals surface area contributed by atoms with Crippen LogP contribution in [-0.2, 0) is 9.59 Å². The standard InChI is InChI=1S/C16H19ClO3/c1-2-3-4-5-6-16(19)20-14-10-7-13(8-11-14)9-12-15(17)18/h7-12H,2-6H2,1H3/b12-9+. The van der Waals surface area contributed by atoms with Crippen LogP contribution in [0.15, 0.2) is 30.3 Å². The number of ether oxygens (including phenoxy) is 1. The summed E-state index contributed by atoms with van der Waals surface area (Å²) >= 11 is 5.20. The van der Waals surface area contributed by atoms with Gasteiger partial charge in [-0.25, -0.2) is 0 Å². The van der Waals surface area contributed by atoms with E-state index in [9.17, 15) is 9.59 Å². The monoisotopic (exact) mass is 294 g/mol. The topological polar surface area (TPSA) is 43.4 Å². The van der Waals surface area contributed by atoms with Gasteiger partial charge >= 0.3 is 5.97 Å². The van der Waals surface area contributed by atoms with Gasteiger partial charge in [-0.1, -0.05) is 44.4 Å². The highest BCUT2D eigenvalue weighted by Crippen LogP contribution is 2.15. The van der Waals surface area contributed by atoms with E-state index in [1.54, 1.807) is 30.3 Å². The molecule has 4 heteroatoms. The summed E-state index contributed by atoms with van der Waals surface area (Å²) < 4.78 is 5.22. The number of esters is 1. The van der Waals surface area contributed by atoms with Crippen LogP contribution in [0.25, 0.3) is 6.08 Å². The average molecular weight is 295 g/mol. The van der Waals surface area contributed by atoms with Crippen molar-refractivity contribution in [3.8, 4) is 5.75 Å². The molecule has 0 saturated carbocycles. The van der Waals surface area contributed by atoms with Crippen LogP contribution in [0, 0.1) is 0 Å². The van der Waals surface area contributed by atoms with Crippen LogP contribution in [0.5, 0.6) is 5.75 Å². The van der Waals surface area contributed by atoms with Gasteiger partial charge in [0, 0.05) is 6.42 Å². The van der Waals surface area contributed by atoms with E-state index in [4.69, 9.17) is 16.3 Å². The molecule has 0 aromatic heterocycles. The number of carbonyl (C=O) groups is 2. The second-order valence-electron chi connectivity index (χ2n) is 4.49. The van der Waals surface area contributed by atoms with Crippen LogP contribution < -0.4 is 4.74 Å². The van der Waals surface area contributed by atoms with Gasteiger partial charge in [-0.3, -0.25) is 9.59 Å². The maximum atomic E-state index is 11.6. The number of halogens is 1. The van der Waals surface area contributed by atoms with E-state index >= 15 is 0 Å². The van der Waals surface area contributed by atoms with E-state index in [1.165, 1.54) is 6.08 Å². The van der Waals surface area contributed by atoms with Crippen molar-refractivity contribution in [1.82, 2.24) is 0 Å². The minimum atomic E-state index is -0.521. The van der Waals surface area contributed by atoms with Gasteiger partial charge in [0.15, 0.2) is 0 Å². The van der Waals surface area contributed by atoms with Gasteiger partial charge in [0.25, 0.3) is 0 Å². The maximum absolute atomic E-state index is 11.6. The molecule has 0 amide bonds. The first kappa shape index (κ1) is 16.4. The van der Waals surface area contributed by atoms with Gasteiger partial charge in [0.2, 0.25) is 5.24 Å². The van der Waals surface area contributed by atoms with Crippen LogP contribution >= 0.6 is 11.6 Å². The summed E-state index contributed by atoms with van der Waals surface area (Å²) in [4.78, 5) is 22.2. The molecule has 0 atom stereocenters. The number of allylic oxidation sites excluding steroid dienone is 1. The molecule has 0 N–H and O–H groups in total. The lowest BCUT2D eigenvalue weighted by atomic mass is 10.1. The zero-order chi connectivity index (χ0) is 14.8. The lowest BCUT2D eigenvalue weighted by Crippen LogP contribution is -2.07. The Labute approximate surface area is 124 Å². The Hall–Kier alpha value is -1.61. The van der Waals surface area contributed by atoms with Crippen molar-refractivity contribution in [2.24, 2.45) is 0 Å². The van der Waals surface area contributed by atoms with Crippen molar-refractivity contribution in [2.45, 2.75) is 39.0 Å². The highest BCUT2D eigenvalue weighted by atomic mass is 35.5. The van der Waals surface area contributed by atoms with E-state index in [1.807, 2.05) is 0 Å². The first-order chi connectivity index (χ1) is 9.61. The van der Waals surface area contributed by atoms with Crippen LogP contribution in [0.1, 0.15) is 44.6 Å². The van der Waals surface area contributed by atoms with E-state index in [-0.39, 0.29) is 5.97 Å². The largest absolute Gasteiger partial charge is 0.427 e. The van der Waals surface area contributed by atoms with Crippen molar-refractivity contribution < 1.29 is 14.3 Å².